The van der Waals surface area contributed by atoms with Crippen LogP contribution in [-0.4, -0.2) is 69.8 Å². The first-order chi connectivity index (χ1) is 23.2. The number of nitrogens with zero attached hydrogens (tertiary/aromatic N) is 3. The number of rotatable bonds is 17. The lowest BCUT2D eigenvalue weighted by Gasteiger charge is -2.28. The Morgan fingerprint density at radius 3 is 2.27 bits per heavy atom. The Balaban J connectivity index is 1.34. The second kappa shape index (κ2) is 18.9. The maximum absolute atomic E-state index is 13.1. The Bertz CT molecular complexity index is 1550. The lowest BCUT2D eigenvalue weighted by molar-refractivity contribution is -0.121. The zero-order valence-corrected chi connectivity index (χ0v) is 29.1. The number of ether oxygens (including phenoxy) is 1. The fourth-order valence-corrected chi connectivity index (χ4v) is 6.37. The summed E-state index contributed by atoms with van der Waals surface area (Å²) in [6.45, 7) is 4.76. The summed E-state index contributed by atoms with van der Waals surface area (Å²) in [4.78, 5) is 49.5. The smallest absolute Gasteiger partial charge is 0.407 e. The molecule has 0 bridgehead atoms. The first kappa shape index (κ1) is 36.5. The lowest BCUT2D eigenvalue weighted by atomic mass is 9.93. The molecule has 13 heteroatoms. The van der Waals surface area contributed by atoms with Crippen molar-refractivity contribution in [3.8, 4) is 0 Å². The van der Waals surface area contributed by atoms with Crippen molar-refractivity contribution in [1.29, 1.82) is 0 Å². The van der Waals surface area contributed by atoms with Crippen LogP contribution >= 0.6 is 22.7 Å². The molecule has 2 aromatic carbocycles. The van der Waals surface area contributed by atoms with Crippen LogP contribution in [0.25, 0.3) is 0 Å². The average Bonchev–Trinajstić information content (AvgIpc) is 3.77. The first-order valence-corrected chi connectivity index (χ1v) is 17.7. The molecule has 0 fully saturated rings. The lowest BCUT2D eigenvalue weighted by Crippen LogP contribution is -2.49. The van der Waals surface area contributed by atoms with Crippen molar-refractivity contribution in [3.05, 3.63) is 104 Å². The fraction of sp³-hybridized carbons (Fsp3) is 0.400. The van der Waals surface area contributed by atoms with E-state index < -0.39 is 24.3 Å². The van der Waals surface area contributed by atoms with Gasteiger partial charge in [-0.05, 0) is 30.4 Å². The Kier molecular flexibility index (Phi) is 14.3. The molecule has 0 unspecified atom stereocenters. The van der Waals surface area contributed by atoms with E-state index >= 15 is 0 Å². The number of carbonyl (C=O) groups is 3. The van der Waals surface area contributed by atoms with Gasteiger partial charge in [-0.3, -0.25) is 9.78 Å². The molecule has 2 aromatic heterocycles. The van der Waals surface area contributed by atoms with Crippen LogP contribution in [0.2, 0.25) is 0 Å². The Hall–Kier alpha value is -4.33. The molecular formula is C35H44N6O5S2. The number of hydrogen-bond acceptors (Lipinski definition) is 9. The third-order valence-electron chi connectivity index (χ3n) is 7.55. The molecule has 11 nitrogen and oxygen atoms in total. The third-order valence-corrected chi connectivity index (χ3v) is 9.50. The topological polar surface area (TPSA) is 146 Å². The van der Waals surface area contributed by atoms with Crippen molar-refractivity contribution in [2.24, 2.45) is 0 Å². The van der Waals surface area contributed by atoms with Gasteiger partial charge in [-0.2, -0.15) is 0 Å². The zero-order chi connectivity index (χ0) is 34.3. The number of amides is 4. The standard InChI is InChI=1S/C35H44N6O5S2/c1-24(2)33-39-28(22-47-33)20-41(3)34(44)37-15-14-32(43)38-27(16-25-10-6-4-7-11-25)18-31(42)30(17-26-12-8-5-9-13-26)40-35(45)46-21-29-19-36-23-48-29/h4-13,19,22-24,27,30-31,42H,14-18,20-21H2,1-3H3,(H,37,44)(H,38,43)(H,40,45)/t27-,30-,31-/m0/s1. The highest BCUT2D eigenvalue weighted by atomic mass is 32.1. The highest BCUT2D eigenvalue weighted by Crippen LogP contribution is 2.20. The number of aliphatic hydroxyl groups excluding tert-OH is 1. The van der Waals surface area contributed by atoms with Gasteiger partial charge < -0.3 is 30.7 Å². The van der Waals surface area contributed by atoms with Gasteiger partial charge in [-0.15, -0.1) is 22.7 Å². The normalized spacial score (nSPS) is 12.9. The van der Waals surface area contributed by atoms with E-state index in [9.17, 15) is 19.5 Å². The Labute approximate surface area is 289 Å². The first-order valence-electron chi connectivity index (χ1n) is 16.0. The number of nitrogens with one attached hydrogen (secondary N) is 3. The predicted octanol–water partition coefficient (Wildman–Crippen LogP) is 5.27. The molecule has 4 aromatic rings. The summed E-state index contributed by atoms with van der Waals surface area (Å²) in [7, 11) is 1.69. The van der Waals surface area contributed by atoms with Crippen LogP contribution in [0.15, 0.2) is 77.8 Å². The maximum atomic E-state index is 13.1. The molecule has 0 aliphatic heterocycles. The number of aliphatic hydroxyl groups is 1. The summed E-state index contributed by atoms with van der Waals surface area (Å²) < 4.78 is 5.39. The van der Waals surface area contributed by atoms with Gasteiger partial charge in [0.15, 0.2) is 0 Å². The van der Waals surface area contributed by atoms with Crippen LogP contribution in [0, 0.1) is 0 Å². The van der Waals surface area contributed by atoms with Crippen LogP contribution < -0.4 is 16.0 Å². The summed E-state index contributed by atoms with van der Waals surface area (Å²) in [5.74, 6) is 0.0685. The predicted molar refractivity (Wildman–Crippen MR) is 188 cm³/mol. The number of urea groups is 1. The van der Waals surface area contributed by atoms with Gasteiger partial charge in [0.1, 0.15) is 6.61 Å². The monoisotopic (exact) mass is 692 g/mol. The van der Waals surface area contributed by atoms with E-state index in [2.05, 4.69) is 39.8 Å². The van der Waals surface area contributed by atoms with Crippen molar-refractivity contribution >= 4 is 40.7 Å². The molecular weight excluding hydrogens is 649 g/mol. The number of carbonyl (C=O) groups excluding carboxylic acids is 3. The fourth-order valence-electron chi connectivity index (χ4n) is 5.04. The van der Waals surface area contributed by atoms with Crippen LogP contribution in [-0.2, 0) is 35.5 Å². The SMILES string of the molecule is CC(C)c1nc(CN(C)C(=O)NCCC(=O)N[C@@H](Cc2ccccc2)C[C@H](O)[C@H](Cc2ccccc2)NC(=O)OCc2cncs2)cs1. The van der Waals surface area contributed by atoms with E-state index in [-0.39, 0.29) is 37.9 Å². The van der Waals surface area contributed by atoms with Crippen molar-refractivity contribution < 1.29 is 24.2 Å². The largest absolute Gasteiger partial charge is 0.444 e. The minimum absolute atomic E-state index is 0.0603. The van der Waals surface area contributed by atoms with E-state index in [1.54, 1.807) is 30.1 Å². The number of benzene rings is 2. The molecule has 4 rings (SSSR count). The Morgan fingerprint density at radius 2 is 1.65 bits per heavy atom. The van der Waals surface area contributed by atoms with E-state index in [4.69, 9.17) is 4.74 Å². The van der Waals surface area contributed by atoms with Gasteiger partial charge in [0.2, 0.25) is 5.91 Å². The molecule has 2 heterocycles. The van der Waals surface area contributed by atoms with Gasteiger partial charge in [0, 0.05) is 43.5 Å². The highest BCUT2D eigenvalue weighted by Gasteiger charge is 2.27. The molecule has 3 atom stereocenters. The molecule has 0 saturated carbocycles. The molecule has 0 aliphatic carbocycles. The van der Waals surface area contributed by atoms with Crippen molar-refractivity contribution in [2.75, 3.05) is 13.6 Å². The summed E-state index contributed by atoms with van der Waals surface area (Å²) in [6, 6.07) is 17.8. The minimum atomic E-state index is -1.01. The maximum Gasteiger partial charge on any atom is 0.407 e. The van der Waals surface area contributed by atoms with Crippen LogP contribution in [0.3, 0.4) is 0 Å². The minimum Gasteiger partial charge on any atom is -0.444 e. The molecule has 0 saturated heterocycles. The van der Waals surface area contributed by atoms with Crippen molar-refractivity contribution in [2.45, 2.75) is 76.8 Å². The second-order valence-corrected chi connectivity index (χ2v) is 13.8. The van der Waals surface area contributed by atoms with Crippen LogP contribution in [0.4, 0.5) is 9.59 Å². The second-order valence-electron chi connectivity index (χ2n) is 11.9. The molecule has 4 amide bonds. The molecule has 4 N–H and O–H groups in total. The Morgan fingerprint density at radius 1 is 0.958 bits per heavy atom. The quantitative estimate of drug-likeness (QED) is 0.118. The third kappa shape index (κ3) is 12.4. The average molecular weight is 693 g/mol. The molecule has 0 radical (unpaired) electrons. The van der Waals surface area contributed by atoms with E-state index in [1.807, 2.05) is 66.0 Å². The summed E-state index contributed by atoms with van der Waals surface area (Å²) in [5.41, 5.74) is 4.42. The van der Waals surface area contributed by atoms with Crippen LogP contribution in [0.5, 0.6) is 0 Å². The highest BCUT2D eigenvalue weighted by molar-refractivity contribution is 7.09. The molecule has 48 heavy (non-hydrogen) atoms. The molecule has 256 valence electrons. The summed E-state index contributed by atoms with van der Waals surface area (Å²) in [6.07, 6.45) is 1.05. The van der Waals surface area contributed by atoms with E-state index in [0.717, 1.165) is 26.7 Å². The number of thiazole rings is 2. The summed E-state index contributed by atoms with van der Waals surface area (Å²) in [5, 5.41) is 23.2. The van der Waals surface area contributed by atoms with Gasteiger partial charge in [0.25, 0.3) is 0 Å². The van der Waals surface area contributed by atoms with E-state index in [0.29, 0.717) is 25.3 Å². The number of aromatic nitrogens is 2. The van der Waals surface area contributed by atoms with E-state index in [1.165, 1.54) is 16.2 Å². The van der Waals surface area contributed by atoms with Gasteiger partial charge in [-0.25, -0.2) is 14.6 Å². The molecule has 0 spiro atoms. The molecule has 0 aliphatic rings. The number of hydrogen-bond donors (Lipinski definition) is 4. The summed E-state index contributed by atoms with van der Waals surface area (Å²) >= 11 is 2.96. The zero-order valence-electron chi connectivity index (χ0n) is 27.5. The van der Waals surface area contributed by atoms with Gasteiger partial charge in [-0.1, -0.05) is 74.5 Å². The van der Waals surface area contributed by atoms with Crippen molar-refractivity contribution in [3.63, 3.8) is 0 Å². The van der Waals surface area contributed by atoms with Crippen molar-refractivity contribution in [1.82, 2.24) is 30.8 Å². The number of alkyl carbamates (subject to hydrolysis) is 1. The van der Waals surface area contributed by atoms with Crippen LogP contribution in [0.1, 0.15) is 59.3 Å². The van der Waals surface area contributed by atoms with Gasteiger partial charge in [0.05, 0.1) is 39.8 Å². The van der Waals surface area contributed by atoms with Gasteiger partial charge >= 0.3 is 12.1 Å².